The molecule has 2 rings (SSSR count). The van der Waals surface area contributed by atoms with Crippen LogP contribution in [0.5, 0.6) is 5.75 Å². The van der Waals surface area contributed by atoms with Gasteiger partial charge in [-0.05, 0) is 30.4 Å². The van der Waals surface area contributed by atoms with Gasteiger partial charge in [0, 0.05) is 17.8 Å². The number of hydrogen-bond donors (Lipinski definition) is 1. The monoisotopic (exact) mass is 197 g/mol. The molecule has 1 aliphatic rings. The molecule has 0 atom stereocenters. The molecule has 1 aliphatic carbocycles. The maximum atomic E-state index is 5.50. The van der Waals surface area contributed by atoms with E-state index in [2.05, 4.69) is 10.9 Å². The Balaban J connectivity index is 2.33. The number of benzene rings is 1. The predicted molar refractivity (Wildman–Crippen MR) is 54.4 cm³/mol. The summed E-state index contributed by atoms with van der Waals surface area (Å²) in [5.74, 6) is 1.65. The highest BCUT2D eigenvalue weighted by atomic mass is 35.5. The first kappa shape index (κ1) is 8.70. The molecule has 1 N–H and O–H groups in total. The van der Waals surface area contributed by atoms with Crippen molar-refractivity contribution in [3.8, 4) is 5.75 Å². The molecule has 0 bridgehead atoms. The first-order valence-electron chi connectivity index (χ1n) is 4.39. The second-order valence-electron chi connectivity index (χ2n) is 3.33. The summed E-state index contributed by atoms with van der Waals surface area (Å²) in [4.78, 5) is 2.58. The largest absolute Gasteiger partial charge is 0.496 e. The Labute approximate surface area is 83.0 Å². The van der Waals surface area contributed by atoms with Crippen LogP contribution in [-0.4, -0.2) is 7.11 Å². The van der Waals surface area contributed by atoms with E-state index in [1.165, 1.54) is 18.4 Å². The number of rotatable bonds is 3. The van der Waals surface area contributed by atoms with E-state index in [0.717, 1.165) is 11.4 Å². The van der Waals surface area contributed by atoms with Gasteiger partial charge in [0.25, 0.3) is 0 Å². The molecule has 13 heavy (non-hydrogen) atoms. The number of halogens is 1. The standard InChI is InChI=1S/C10H12ClNO/c1-13-10-6-8(12-11)4-5-9(10)7-2-3-7/h4-7,12H,2-3H2,1H3. The zero-order chi connectivity index (χ0) is 9.26. The van der Waals surface area contributed by atoms with Gasteiger partial charge < -0.3 is 4.74 Å². The Morgan fingerprint density at radius 2 is 2.23 bits per heavy atom. The summed E-state index contributed by atoms with van der Waals surface area (Å²) < 4.78 is 5.29. The van der Waals surface area contributed by atoms with Crippen LogP contribution in [0.3, 0.4) is 0 Å². The van der Waals surface area contributed by atoms with Crippen molar-refractivity contribution in [1.29, 1.82) is 0 Å². The van der Waals surface area contributed by atoms with E-state index in [1.54, 1.807) is 7.11 Å². The normalized spacial score (nSPS) is 15.5. The van der Waals surface area contributed by atoms with E-state index in [-0.39, 0.29) is 0 Å². The lowest BCUT2D eigenvalue weighted by atomic mass is 10.1. The fourth-order valence-electron chi connectivity index (χ4n) is 1.50. The molecule has 3 heteroatoms. The molecule has 0 spiro atoms. The summed E-state index contributed by atoms with van der Waals surface area (Å²) in [6.45, 7) is 0. The molecular formula is C10H12ClNO. The highest BCUT2D eigenvalue weighted by molar-refractivity contribution is 6.24. The second kappa shape index (κ2) is 3.46. The highest BCUT2D eigenvalue weighted by Gasteiger charge is 2.26. The molecule has 70 valence electrons. The molecule has 1 fully saturated rings. The molecule has 0 aromatic heterocycles. The van der Waals surface area contributed by atoms with Gasteiger partial charge in [-0.1, -0.05) is 6.07 Å². The van der Waals surface area contributed by atoms with Crippen molar-refractivity contribution >= 4 is 17.5 Å². The van der Waals surface area contributed by atoms with Gasteiger partial charge in [0.05, 0.1) is 12.8 Å². The third-order valence-electron chi connectivity index (χ3n) is 2.36. The summed E-state index contributed by atoms with van der Waals surface area (Å²) in [5.41, 5.74) is 2.18. The fraction of sp³-hybridized carbons (Fsp3) is 0.400. The Morgan fingerprint density at radius 1 is 1.46 bits per heavy atom. The van der Waals surface area contributed by atoms with Crippen LogP contribution < -0.4 is 9.57 Å². The van der Waals surface area contributed by atoms with Gasteiger partial charge >= 0.3 is 0 Å². The summed E-state index contributed by atoms with van der Waals surface area (Å²) in [6, 6.07) is 5.99. The van der Waals surface area contributed by atoms with Crippen molar-refractivity contribution in [3.63, 3.8) is 0 Å². The zero-order valence-electron chi connectivity index (χ0n) is 7.51. The highest BCUT2D eigenvalue weighted by Crippen LogP contribution is 2.44. The number of nitrogens with one attached hydrogen (secondary N) is 1. The molecule has 0 heterocycles. The van der Waals surface area contributed by atoms with Crippen LogP contribution >= 0.6 is 11.8 Å². The molecule has 1 aromatic carbocycles. The van der Waals surface area contributed by atoms with Crippen LogP contribution in [0.1, 0.15) is 24.3 Å². The van der Waals surface area contributed by atoms with Gasteiger partial charge in [0.2, 0.25) is 0 Å². The third-order valence-corrected chi connectivity index (χ3v) is 2.58. The van der Waals surface area contributed by atoms with Crippen LogP contribution in [0.2, 0.25) is 0 Å². The van der Waals surface area contributed by atoms with Crippen molar-refractivity contribution in [2.75, 3.05) is 11.9 Å². The fourth-order valence-corrected chi connectivity index (χ4v) is 1.62. The van der Waals surface area contributed by atoms with E-state index in [4.69, 9.17) is 16.5 Å². The van der Waals surface area contributed by atoms with Crippen molar-refractivity contribution in [3.05, 3.63) is 23.8 Å². The Bertz CT molecular complexity index is 310. The quantitative estimate of drug-likeness (QED) is 0.752. The van der Waals surface area contributed by atoms with E-state index in [9.17, 15) is 0 Å². The molecular weight excluding hydrogens is 186 g/mol. The first-order valence-corrected chi connectivity index (χ1v) is 4.77. The lowest BCUT2D eigenvalue weighted by Gasteiger charge is -2.08. The summed E-state index contributed by atoms with van der Waals surface area (Å²) in [6.07, 6.45) is 2.56. The van der Waals surface area contributed by atoms with E-state index in [0.29, 0.717) is 5.92 Å². The lowest BCUT2D eigenvalue weighted by Crippen LogP contribution is -1.91. The minimum atomic E-state index is 0.708. The van der Waals surface area contributed by atoms with Crippen molar-refractivity contribution in [2.24, 2.45) is 0 Å². The number of ether oxygens (including phenoxy) is 1. The van der Waals surface area contributed by atoms with Crippen molar-refractivity contribution < 1.29 is 4.74 Å². The van der Waals surface area contributed by atoms with E-state index >= 15 is 0 Å². The number of methoxy groups -OCH3 is 1. The van der Waals surface area contributed by atoms with Crippen LogP contribution in [-0.2, 0) is 0 Å². The Kier molecular flexibility index (Phi) is 2.32. The SMILES string of the molecule is COc1cc(NCl)ccc1C1CC1. The minimum absolute atomic E-state index is 0.708. The smallest absolute Gasteiger partial charge is 0.124 e. The second-order valence-corrected chi connectivity index (χ2v) is 3.51. The third kappa shape index (κ3) is 1.73. The van der Waals surface area contributed by atoms with Gasteiger partial charge in [-0.25, -0.2) is 0 Å². The van der Waals surface area contributed by atoms with Gasteiger partial charge in [0.15, 0.2) is 0 Å². The molecule has 1 saturated carbocycles. The van der Waals surface area contributed by atoms with Crippen molar-refractivity contribution in [2.45, 2.75) is 18.8 Å². The van der Waals surface area contributed by atoms with Crippen LogP contribution in [0, 0.1) is 0 Å². The summed E-state index contributed by atoms with van der Waals surface area (Å²) in [5, 5.41) is 0. The molecule has 0 aliphatic heterocycles. The molecule has 0 amide bonds. The lowest BCUT2D eigenvalue weighted by molar-refractivity contribution is 0.410. The average molecular weight is 198 g/mol. The summed E-state index contributed by atoms with van der Waals surface area (Å²) in [7, 11) is 1.69. The van der Waals surface area contributed by atoms with Crippen molar-refractivity contribution in [1.82, 2.24) is 0 Å². The average Bonchev–Trinajstić information content (AvgIpc) is 3.00. The first-order chi connectivity index (χ1) is 6.35. The molecule has 1 aromatic rings. The van der Waals surface area contributed by atoms with Gasteiger partial charge in [-0.2, -0.15) is 0 Å². The van der Waals surface area contributed by atoms with Gasteiger partial charge in [-0.3, -0.25) is 4.84 Å². The van der Waals surface area contributed by atoms with E-state index in [1.807, 2.05) is 12.1 Å². The molecule has 2 nitrogen and oxygen atoms in total. The topological polar surface area (TPSA) is 21.3 Å². The Morgan fingerprint density at radius 3 is 2.77 bits per heavy atom. The number of hydrogen-bond acceptors (Lipinski definition) is 2. The maximum absolute atomic E-state index is 5.50. The van der Waals surface area contributed by atoms with Crippen LogP contribution in [0.15, 0.2) is 18.2 Å². The molecule has 0 radical (unpaired) electrons. The predicted octanol–water partition coefficient (Wildman–Crippen LogP) is 3.14. The van der Waals surface area contributed by atoms with Gasteiger partial charge in [-0.15, -0.1) is 0 Å². The van der Waals surface area contributed by atoms with E-state index < -0.39 is 0 Å². The summed E-state index contributed by atoms with van der Waals surface area (Å²) >= 11 is 5.50. The minimum Gasteiger partial charge on any atom is -0.496 e. The van der Waals surface area contributed by atoms with Gasteiger partial charge in [0.1, 0.15) is 5.75 Å². The number of anilines is 1. The maximum Gasteiger partial charge on any atom is 0.124 e. The van der Waals surface area contributed by atoms with Crippen LogP contribution in [0.25, 0.3) is 0 Å². The zero-order valence-corrected chi connectivity index (χ0v) is 8.27. The molecule has 0 unspecified atom stereocenters. The molecule has 0 saturated heterocycles. The Hall–Kier alpha value is -0.890. The van der Waals surface area contributed by atoms with Crippen LogP contribution in [0.4, 0.5) is 5.69 Å².